The van der Waals surface area contributed by atoms with Crippen molar-refractivity contribution in [3.8, 4) is 0 Å². The second-order valence-corrected chi connectivity index (χ2v) is 18.6. The van der Waals surface area contributed by atoms with Gasteiger partial charge in [-0.25, -0.2) is 4.18 Å². The van der Waals surface area contributed by atoms with Crippen LogP contribution >= 0.6 is 0 Å². The standard InChI is InChI=1S/C38H74N4O6S/c1-27(2)38(26-43,48-49(45,46)47)17-12-28(3)31-10-11-32-35-33(14-16-37(31,32)5)36(4)15-13-30(24-29(36)25-34(35)44)42-23-9-22-41-20-7-6-19-40-21-8-18-39/h27-35,40-44H,6-26,39H2,1-5H3,(H,45,46,47)/t28-,29+,30-,31?,32?,33?,34-,35?,36-,37+,38+/m0/s1. The van der Waals surface area contributed by atoms with Gasteiger partial charge in [-0.3, -0.25) is 4.55 Å². The fraction of sp³-hybridized carbons (Fsp3) is 1.00. The topological polar surface area (TPSA) is 166 Å². The molecule has 0 bridgehead atoms. The van der Waals surface area contributed by atoms with Crippen molar-refractivity contribution in [2.75, 3.05) is 45.9 Å². The first-order valence-corrected chi connectivity index (χ1v) is 21.4. The molecular weight excluding hydrogens is 641 g/mol. The molecule has 4 rings (SSSR count). The van der Waals surface area contributed by atoms with E-state index in [9.17, 15) is 23.2 Å². The number of nitrogens with two attached hydrogens (primary N) is 1. The minimum atomic E-state index is -4.69. The summed E-state index contributed by atoms with van der Waals surface area (Å²) in [5, 5.41) is 33.0. The third-order valence-corrected chi connectivity index (χ3v) is 15.1. The molecule has 0 heterocycles. The summed E-state index contributed by atoms with van der Waals surface area (Å²) in [6, 6.07) is 0.550. The van der Waals surface area contributed by atoms with Crippen LogP contribution in [-0.4, -0.2) is 86.8 Å². The summed E-state index contributed by atoms with van der Waals surface area (Å²) in [5.41, 5.74) is 4.65. The van der Waals surface area contributed by atoms with Crippen LogP contribution in [0.3, 0.4) is 0 Å². The molecule has 4 aliphatic carbocycles. The van der Waals surface area contributed by atoms with Crippen LogP contribution in [0.4, 0.5) is 0 Å². The van der Waals surface area contributed by atoms with Crippen LogP contribution in [0, 0.1) is 52.3 Å². The highest BCUT2D eigenvalue weighted by Gasteiger charge is 2.63. The molecule has 0 spiro atoms. The van der Waals surface area contributed by atoms with Gasteiger partial charge >= 0.3 is 10.4 Å². The third kappa shape index (κ3) is 9.99. The fourth-order valence-electron chi connectivity index (χ4n) is 11.5. The molecule has 0 radical (unpaired) electrons. The maximum atomic E-state index is 11.9. The predicted octanol–water partition coefficient (Wildman–Crippen LogP) is 4.90. The number of rotatable bonds is 21. The Morgan fingerprint density at radius 2 is 1.51 bits per heavy atom. The molecule has 4 aliphatic rings. The van der Waals surface area contributed by atoms with Crippen molar-refractivity contribution in [3.05, 3.63) is 0 Å². The Kier molecular flexibility index (Phi) is 15.3. The van der Waals surface area contributed by atoms with Gasteiger partial charge in [-0.1, -0.05) is 34.6 Å². The first kappa shape index (κ1) is 41.4. The third-order valence-electron chi connectivity index (χ3n) is 14.5. The molecule has 11 atom stereocenters. The summed E-state index contributed by atoms with van der Waals surface area (Å²) in [7, 11) is -4.69. The zero-order chi connectivity index (χ0) is 35.9. The summed E-state index contributed by atoms with van der Waals surface area (Å²) in [6.07, 6.45) is 14.6. The number of aliphatic hydroxyl groups is 2. The van der Waals surface area contributed by atoms with Crippen molar-refractivity contribution in [2.45, 2.75) is 142 Å². The highest BCUT2D eigenvalue weighted by molar-refractivity contribution is 7.80. The lowest BCUT2D eigenvalue weighted by Crippen LogP contribution is -2.59. The fourth-order valence-corrected chi connectivity index (χ4v) is 12.2. The highest BCUT2D eigenvalue weighted by atomic mass is 32.3. The quantitative estimate of drug-likeness (QED) is 0.0643. The smallest absolute Gasteiger partial charge is 0.393 e. The van der Waals surface area contributed by atoms with Gasteiger partial charge in [0.05, 0.1) is 12.7 Å². The lowest BCUT2D eigenvalue weighted by atomic mass is 9.43. The molecule has 288 valence electrons. The first-order valence-electron chi connectivity index (χ1n) is 20.0. The van der Waals surface area contributed by atoms with E-state index in [0.29, 0.717) is 53.4 Å². The molecule has 11 heteroatoms. The van der Waals surface area contributed by atoms with E-state index in [2.05, 4.69) is 36.7 Å². The Bertz CT molecular complexity index is 1110. The van der Waals surface area contributed by atoms with Gasteiger partial charge in [-0.15, -0.1) is 0 Å². The van der Waals surface area contributed by atoms with Gasteiger partial charge in [0, 0.05) is 6.04 Å². The molecule has 0 saturated heterocycles. The maximum absolute atomic E-state index is 11.9. The van der Waals surface area contributed by atoms with Crippen LogP contribution in [-0.2, 0) is 14.6 Å². The number of hydrogen-bond acceptors (Lipinski definition) is 9. The molecule has 0 aromatic heterocycles. The number of fused-ring (bicyclic) bond motifs is 5. The molecule has 49 heavy (non-hydrogen) atoms. The normalized spacial score (nSPS) is 36.6. The van der Waals surface area contributed by atoms with Gasteiger partial charge in [0.1, 0.15) is 5.60 Å². The van der Waals surface area contributed by atoms with Crippen LogP contribution < -0.4 is 21.7 Å². The average Bonchev–Trinajstić information content (AvgIpc) is 3.40. The minimum absolute atomic E-state index is 0.141. The van der Waals surface area contributed by atoms with Crippen LogP contribution in [0.5, 0.6) is 0 Å². The molecule has 0 aromatic carbocycles. The van der Waals surface area contributed by atoms with E-state index in [1.807, 2.05) is 13.8 Å². The number of hydrogen-bond donors (Lipinski definition) is 7. The molecule has 8 N–H and O–H groups in total. The Labute approximate surface area is 299 Å². The van der Waals surface area contributed by atoms with E-state index in [1.54, 1.807) is 0 Å². The van der Waals surface area contributed by atoms with Crippen LogP contribution in [0.25, 0.3) is 0 Å². The predicted molar refractivity (Wildman–Crippen MR) is 197 cm³/mol. The Morgan fingerprint density at radius 3 is 2.14 bits per heavy atom. The molecule has 0 amide bonds. The van der Waals surface area contributed by atoms with Gasteiger partial charge in [0.2, 0.25) is 0 Å². The zero-order valence-corrected chi connectivity index (χ0v) is 32.4. The molecule has 0 aliphatic heterocycles. The van der Waals surface area contributed by atoms with Gasteiger partial charge in [-0.05, 0) is 181 Å². The first-order chi connectivity index (χ1) is 23.2. The summed E-state index contributed by atoms with van der Waals surface area (Å²) in [4.78, 5) is 0. The van der Waals surface area contributed by atoms with Gasteiger partial charge in [-0.2, -0.15) is 8.42 Å². The summed E-state index contributed by atoms with van der Waals surface area (Å²) in [5.74, 6) is 2.51. The van der Waals surface area contributed by atoms with E-state index in [1.165, 1.54) is 44.9 Å². The van der Waals surface area contributed by atoms with Crippen LogP contribution in [0.1, 0.15) is 125 Å². The van der Waals surface area contributed by atoms with Crippen LogP contribution in [0.15, 0.2) is 0 Å². The molecule has 4 unspecified atom stereocenters. The van der Waals surface area contributed by atoms with Crippen molar-refractivity contribution >= 4 is 10.4 Å². The molecule has 4 saturated carbocycles. The minimum Gasteiger partial charge on any atom is -0.393 e. The Hall–Kier alpha value is -0.370. The lowest BCUT2D eigenvalue weighted by Gasteiger charge is -2.62. The number of aliphatic hydroxyl groups excluding tert-OH is 2. The van der Waals surface area contributed by atoms with E-state index in [4.69, 9.17) is 9.92 Å². The van der Waals surface area contributed by atoms with Crippen LogP contribution in [0.2, 0.25) is 0 Å². The molecule has 4 fully saturated rings. The van der Waals surface area contributed by atoms with E-state index in [0.717, 1.165) is 77.8 Å². The lowest BCUT2D eigenvalue weighted by molar-refractivity contribution is -0.167. The summed E-state index contributed by atoms with van der Waals surface area (Å²) >= 11 is 0. The van der Waals surface area contributed by atoms with E-state index >= 15 is 0 Å². The zero-order valence-electron chi connectivity index (χ0n) is 31.6. The van der Waals surface area contributed by atoms with Crippen molar-refractivity contribution in [1.29, 1.82) is 0 Å². The highest BCUT2D eigenvalue weighted by Crippen LogP contribution is 2.68. The largest absolute Gasteiger partial charge is 0.397 e. The monoisotopic (exact) mass is 715 g/mol. The maximum Gasteiger partial charge on any atom is 0.397 e. The molecule has 0 aromatic rings. The number of unbranched alkanes of at least 4 members (excludes halogenated alkanes) is 1. The second kappa shape index (κ2) is 18.1. The van der Waals surface area contributed by atoms with Crippen molar-refractivity contribution in [3.63, 3.8) is 0 Å². The number of nitrogens with one attached hydrogen (secondary N) is 3. The van der Waals surface area contributed by atoms with Crippen molar-refractivity contribution < 1.29 is 27.4 Å². The SMILES string of the molecule is CC(C)[C@](CO)(CC[C@H](C)C1CCC2C3C(CC[C@@]21C)[C@@]1(C)CC[C@H](NCCCNCCCCNCCCN)C[C@@H]1C[C@@H]3O)OS(=O)(=O)O. The second-order valence-electron chi connectivity index (χ2n) is 17.6. The molecular formula is C38H74N4O6S. The van der Waals surface area contributed by atoms with Gasteiger partial charge in [0.25, 0.3) is 0 Å². The van der Waals surface area contributed by atoms with E-state index in [-0.39, 0.29) is 17.4 Å². The summed E-state index contributed by atoms with van der Waals surface area (Å²) < 4.78 is 38.0. The van der Waals surface area contributed by atoms with Crippen molar-refractivity contribution in [1.82, 2.24) is 16.0 Å². The molecule has 10 nitrogen and oxygen atoms in total. The Balaban J connectivity index is 1.25. The van der Waals surface area contributed by atoms with Gasteiger partial charge in [0.15, 0.2) is 0 Å². The van der Waals surface area contributed by atoms with Crippen molar-refractivity contribution in [2.24, 2.45) is 58.0 Å². The van der Waals surface area contributed by atoms with E-state index < -0.39 is 22.6 Å². The average molecular weight is 715 g/mol. The Morgan fingerprint density at radius 1 is 0.878 bits per heavy atom. The summed E-state index contributed by atoms with van der Waals surface area (Å²) in [6.45, 7) is 16.5. The van der Waals surface area contributed by atoms with Gasteiger partial charge < -0.3 is 31.9 Å².